The fourth-order valence-electron chi connectivity index (χ4n) is 2.07. The predicted octanol–water partition coefficient (Wildman–Crippen LogP) is 2.54. The highest BCUT2D eigenvalue weighted by molar-refractivity contribution is 5.85. The van der Waals surface area contributed by atoms with Gasteiger partial charge >= 0.3 is 6.18 Å². The number of hydrogen-bond acceptors (Lipinski definition) is 3. The molecule has 1 atom stereocenters. The van der Waals surface area contributed by atoms with E-state index < -0.39 is 11.7 Å². The van der Waals surface area contributed by atoms with Gasteiger partial charge in [0, 0.05) is 19.1 Å². The number of benzene rings is 1. The minimum Gasteiger partial charge on any atom is -0.369 e. The van der Waals surface area contributed by atoms with Gasteiger partial charge in [-0.1, -0.05) is 0 Å². The molecule has 1 aliphatic heterocycles. The van der Waals surface area contributed by atoms with Crippen molar-refractivity contribution in [3.63, 3.8) is 0 Å². The van der Waals surface area contributed by atoms with Gasteiger partial charge in [-0.25, -0.2) is 0 Å². The van der Waals surface area contributed by atoms with Crippen LogP contribution in [0.5, 0.6) is 0 Å². The van der Waals surface area contributed by atoms with E-state index in [9.17, 15) is 13.2 Å². The SMILES string of the molecule is Cl.N#Cc1ccc(C(F)(F)F)cc1N1CC[C@H](N)C1. The average Bonchev–Trinajstić information content (AvgIpc) is 2.73. The molecule has 1 aromatic carbocycles. The highest BCUT2D eigenvalue weighted by Gasteiger charge is 2.32. The molecule has 1 aliphatic rings. The van der Waals surface area contributed by atoms with Crippen molar-refractivity contribution in [1.29, 1.82) is 5.26 Å². The van der Waals surface area contributed by atoms with Gasteiger partial charge in [-0.05, 0) is 24.6 Å². The maximum Gasteiger partial charge on any atom is 0.416 e. The van der Waals surface area contributed by atoms with E-state index in [1.807, 2.05) is 6.07 Å². The number of rotatable bonds is 1. The van der Waals surface area contributed by atoms with Crippen LogP contribution in [0.15, 0.2) is 18.2 Å². The van der Waals surface area contributed by atoms with E-state index >= 15 is 0 Å². The lowest BCUT2D eigenvalue weighted by molar-refractivity contribution is -0.137. The normalized spacial score (nSPS) is 18.9. The van der Waals surface area contributed by atoms with Crippen LogP contribution in [0.25, 0.3) is 0 Å². The standard InChI is InChI=1S/C12H12F3N3.ClH/c13-12(14,15)9-2-1-8(6-16)11(5-9)18-4-3-10(17)7-18;/h1-2,5,10H,3-4,7,17H2;1H/t10-;/m0./s1. The Bertz CT molecular complexity index is 496. The van der Waals surface area contributed by atoms with Crippen LogP contribution in [-0.4, -0.2) is 19.1 Å². The Morgan fingerprint density at radius 2 is 2.05 bits per heavy atom. The Labute approximate surface area is 115 Å². The molecule has 0 amide bonds. The van der Waals surface area contributed by atoms with Gasteiger partial charge in [0.25, 0.3) is 0 Å². The monoisotopic (exact) mass is 291 g/mol. The van der Waals surface area contributed by atoms with Crippen molar-refractivity contribution in [2.24, 2.45) is 5.73 Å². The molecule has 7 heteroatoms. The summed E-state index contributed by atoms with van der Waals surface area (Å²) < 4.78 is 37.9. The summed E-state index contributed by atoms with van der Waals surface area (Å²) >= 11 is 0. The van der Waals surface area contributed by atoms with E-state index in [1.54, 1.807) is 4.90 Å². The molecule has 1 heterocycles. The molecule has 1 aromatic rings. The van der Waals surface area contributed by atoms with Crippen molar-refractivity contribution in [2.75, 3.05) is 18.0 Å². The average molecular weight is 292 g/mol. The molecule has 0 aromatic heterocycles. The van der Waals surface area contributed by atoms with E-state index in [2.05, 4.69) is 0 Å². The zero-order chi connectivity index (χ0) is 13.3. The molecular formula is C12H13ClF3N3. The number of nitrogens with zero attached hydrogens (tertiary/aromatic N) is 2. The molecule has 3 nitrogen and oxygen atoms in total. The minimum atomic E-state index is -4.40. The predicted molar refractivity (Wildman–Crippen MR) is 68.2 cm³/mol. The van der Waals surface area contributed by atoms with Gasteiger partial charge in [-0.15, -0.1) is 12.4 Å². The van der Waals surface area contributed by atoms with Gasteiger partial charge in [0.2, 0.25) is 0 Å². The Kier molecular flexibility index (Phi) is 4.66. The highest BCUT2D eigenvalue weighted by Crippen LogP contribution is 2.34. The quantitative estimate of drug-likeness (QED) is 0.865. The molecule has 0 aliphatic carbocycles. The number of nitrogens with two attached hydrogens (primary N) is 1. The van der Waals surface area contributed by atoms with Crippen LogP contribution in [0.3, 0.4) is 0 Å². The molecule has 104 valence electrons. The molecule has 0 spiro atoms. The Hall–Kier alpha value is -1.45. The maximum absolute atomic E-state index is 12.6. The van der Waals surface area contributed by atoms with Crippen LogP contribution in [-0.2, 0) is 6.18 Å². The highest BCUT2D eigenvalue weighted by atomic mass is 35.5. The van der Waals surface area contributed by atoms with Gasteiger partial charge in [-0.2, -0.15) is 18.4 Å². The van der Waals surface area contributed by atoms with Gasteiger partial charge in [0.15, 0.2) is 0 Å². The second-order valence-electron chi connectivity index (χ2n) is 4.34. The lowest BCUT2D eigenvalue weighted by Crippen LogP contribution is -2.27. The van der Waals surface area contributed by atoms with Crippen molar-refractivity contribution in [2.45, 2.75) is 18.6 Å². The Morgan fingerprint density at radius 1 is 1.37 bits per heavy atom. The molecule has 1 fully saturated rings. The van der Waals surface area contributed by atoms with Crippen LogP contribution in [0.2, 0.25) is 0 Å². The minimum absolute atomic E-state index is 0. The number of halogens is 4. The van der Waals surface area contributed by atoms with Crippen LogP contribution < -0.4 is 10.6 Å². The molecule has 0 unspecified atom stereocenters. The molecule has 0 bridgehead atoms. The van der Waals surface area contributed by atoms with E-state index in [0.29, 0.717) is 18.8 Å². The first-order chi connectivity index (χ1) is 8.41. The lowest BCUT2D eigenvalue weighted by atomic mass is 10.1. The molecule has 2 rings (SSSR count). The topological polar surface area (TPSA) is 53.0 Å². The van der Waals surface area contributed by atoms with Gasteiger partial charge < -0.3 is 10.6 Å². The maximum atomic E-state index is 12.6. The van der Waals surface area contributed by atoms with Crippen LogP contribution in [0, 0.1) is 11.3 Å². The Morgan fingerprint density at radius 3 is 2.53 bits per heavy atom. The van der Waals surface area contributed by atoms with Crippen molar-refractivity contribution in [3.05, 3.63) is 29.3 Å². The largest absolute Gasteiger partial charge is 0.416 e. The molecule has 2 N–H and O–H groups in total. The fraction of sp³-hybridized carbons (Fsp3) is 0.417. The summed E-state index contributed by atoms with van der Waals surface area (Å²) in [5.74, 6) is 0. The smallest absolute Gasteiger partial charge is 0.369 e. The first-order valence-electron chi connectivity index (χ1n) is 5.53. The summed E-state index contributed by atoms with van der Waals surface area (Å²) in [7, 11) is 0. The second kappa shape index (κ2) is 5.68. The third kappa shape index (κ3) is 3.31. The van der Waals surface area contributed by atoms with Crippen molar-refractivity contribution >= 4 is 18.1 Å². The Balaban J connectivity index is 0.00000180. The van der Waals surface area contributed by atoms with E-state index in [4.69, 9.17) is 11.0 Å². The molecular weight excluding hydrogens is 279 g/mol. The summed E-state index contributed by atoms with van der Waals surface area (Å²) in [4.78, 5) is 1.73. The lowest BCUT2D eigenvalue weighted by Gasteiger charge is -2.20. The van der Waals surface area contributed by atoms with E-state index in [-0.39, 0.29) is 24.0 Å². The number of anilines is 1. The zero-order valence-corrected chi connectivity index (χ0v) is 10.8. The number of alkyl halides is 3. The second-order valence-corrected chi connectivity index (χ2v) is 4.34. The van der Waals surface area contributed by atoms with E-state index in [0.717, 1.165) is 18.6 Å². The van der Waals surface area contributed by atoms with Crippen LogP contribution in [0.1, 0.15) is 17.5 Å². The summed E-state index contributed by atoms with van der Waals surface area (Å²) in [6.07, 6.45) is -3.67. The summed E-state index contributed by atoms with van der Waals surface area (Å²) in [5, 5.41) is 8.95. The molecule has 19 heavy (non-hydrogen) atoms. The third-order valence-corrected chi connectivity index (χ3v) is 3.01. The fourth-order valence-corrected chi connectivity index (χ4v) is 2.07. The third-order valence-electron chi connectivity index (χ3n) is 3.01. The van der Waals surface area contributed by atoms with Crippen molar-refractivity contribution < 1.29 is 13.2 Å². The first-order valence-corrected chi connectivity index (χ1v) is 5.53. The summed E-state index contributed by atoms with van der Waals surface area (Å²) in [6.45, 7) is 1.06. The van der Waals surface area contributed by atoms with Gasteiger partial charge in [0.1, 0.15) is 6.07 Å². The molecule has 0 radical (unpaired) electrons. The van der Waals surface area contributed by atoms with Gasteiger partial charge in [0.05, 0.1) is 16.8 Å². The van der Waals surface area contributed by atoms with Crippen molar-refractivity contribution in [3.8, 4) is 6.07 Å². The number of hydrogen-bond donors (Lipinski definition) is 1. The van der Waals surface area contributed by atoms with Crippen LogP contribution in [0.4, 0.5) is 18.9 Å². The number of nitriles is 1. The molecule has 1 saturated heterocycles. The van der Waals surface area contributed by atoms with Gasteiger partial charge in [-0.3, -0.25) is 0 Å². The van der Waals surface area contributed by atoms with Crippen molar-refractivity contribution in [1.82, 2.24) is 0 Å². The van der Waals surface area contributed by atoms with E-state index in [1.165, 1.54) is 6.07 Å². The molecule has 0 saturated carbocycles. The summed E-state index contributed by atoms with van der Waals surface area (Å²) in [5.41, 5.74) is 5.56. The summed E-state index contributed by atoms with van der Waals surface area (Å²) in [6, 6.07) is 5.03. The zero-order valence-electron chi connectivity index (χ0n) is 9.94. The van der Waals surface area contributed by atoms with Crippen LogP contribution >= 0.6 is 12.4 Å². The first kappa shape index (κ1) is 15.6.